The molecule has 104 valence electrons. The second-order valence-corrected chi connectivity index (χ2v) is 5.06. The summed E-state index contributed by atoms with van der Waals surface area (Å²) in [5.41, 5.74) is 3.82. The average molecular weight is 281 g/mol. The van der Waals surface area contributed by atoms with Crippen molar-refractivity contribution in [3.8, 4) is 5.75 Å². The first-order chi connectivity index (χ1) is 8.79. The van der Waals surface area contributed by atoms with Crippen molar-refractivity contribution >= 4 is 29.0 Å². The Balaban J connectivity index is 0.00000133. The number of methoxy groups -OCH3 is 1. The van der Waals surface area contributed by atoms with Crippen LogP contribution in [0.25, 0.3) is 10.9 Å². The predicted octanol–water partition coefficient (Wildman–Crippen LogP) is 3.90. The molecule has 4 heteroatoms. The van der Waals surface area contributed by atoms with Crippen LogP contribution >= 0.6 is 12.4 Å². The molecular formula is C15H21ClN2O. The fourth-order valence-electron chi connectivity index (χ4n) is 2.95. The van der Waals surface area contributed by atoms with E-state index in [1.807, 2.05) is 6.07 Å². The summed E-state index contributed by atoms with van der Waals surface area (Å²) in [5, 5.41) is 1.32. The van der Waals surface area contributed by atoms with E-state index in [-0.39, 0.29) is 12.4 Å². The maximum atomic E-state index is 5.28. The van der Waals surface area contributed by atoms with Crippen LogP contribution in [0.4, 0.5) is 5.69 Å². The van der Waals surface area contributed by atoms with Gasteiger partial charge in [0.25, 0.3) is 0 Å². The molecule has 1 aliphatic rings. The molecule has 0 bridgehead atoms. The molecule has 2 aromatic rings. The number of aryl methyl sites for hydroxylation is 1. The van der Waals surface area contributed by atoms with Crippen LogP contribution in [0.2, 0.25) is 0 Å². The number of nitrogens with zero attached hydrogens (tertiary/aromatic N) is 1. The van der Waals surface area contributed by atoms with E-state index in [0.29, 0.717) is 0 Å². The fourth-order valence-corrected chi connectivity index (χ4v) is 2.95. The highest BCUT2D eigenvalue weighted by molar-refractivity contribution is 5.95. The monoisotopic (exact) mass is 280 g/mol. The lowest BCUT2D eigenvalue weighted by atomic mass is 10.1. The second-order valence-electron chi connectivity index (χ2n) is 5.06. The minimum Gasteiger partial charge on any atom is -0.497 e. The maximum absolute atomic E-state index is 5.28. The third-order valence-corrected chi connectivity index (χ3v) is 3.83. The van der Waals surface area contributed by atoms with Crippen molar-refractivity contribution in [2.45, 2.75) is 26.2 Å². The first-order valence-electron chi connectivity index (χ1n) is 6.71. The van der Waals surface area contributed by atoms with Crippen molar-refractivity contribution in [1.82, 2.24) is 4.98 Å². The number of aromatic nitrogens is 1. The number of piperidine rings is 1. The van der Waals surface area contributed by atoms with E-state index in [9.17, 15) is 0 Å². The van der Waals surface area contributed by atoms with Gasteiger partial charge in [-0.3, -0.25) is 0 Å². The summed E-state index contributed by atoms with van der Waals surface area (Å²) in [4.78, 5) is 6.00. The molecule has 0 aliphatic carbocycles. The van der Waals surface area contributed by atoms with Crippen LogP contribution in [0.5, 0.6) is 5.75 Å². The maximum Gasteiger partial charge on any atom is 0.120 e. The van der Waals surface area contributed by atoms with Crippen LogP contribution in [0.3, 0.4) is 0 Å². The lowest BCUT2D eigenvalue weighted by Crippen LogP contribution is -2.29. The minimum atomic E-state index is 0. The number of nitrogens with one attached hydrogen (secondary N) is 1. The molecule has 2 heterocycles. The third-order valence-electron chi connectivity index (χ3n) is 3.83. The number of fused-ring (bicyclic) bond motifs is 1. The zero-order valence-electron chi connectivity index (χ0n) is 11.5. The summed E-state index contributed by atoms with van der Waals surface area (Å²) in [5.74, 6) is 0.911. The number of ether oxygens (including phenoxy) is 1. The number of rotatable bonds is 2. The minimum absolute atomic E-state index is 0. The van der Waals surface area contributed by atoms with Gasteiger partial charge < -0.3 is 14.6 Å². The molecule has 0 saturated carbocycles. The van der Waals surface area contributed by atoms with E-state index in [1.54, 1.807) is 7.11 Å². The molecule has 1 fully saturated rings. The molecule has 1 saturated heterocycles. The van der Waals surface area contributed by atoms with Crippen molar-refractivity contribution in [3.05, 3.63) is 23.9 Å². The van der Waals surface area contributed by atoms with E-state index in [0.717, 1.165) is 5.75 Å². The van der Waals surface area contributed by atoms with Gasteiger partial charge in [0, 0.05) is 30.2 Å². The zero-order valence-corrected chi connectivity index (χ0v) is 12.3. The molecule has 0 spiro atoms. The van der Waals surface area contributed by atoms with E-state index in [2.05, 4.69) is 28.9 Å². The highest BCUT2D eigenvalue weighted by atomic mass is 35.5. The van der Waals surface area contributed by atoms with Crippen molar-refractivity contribution in [2.24, 2.45) is 0 Å². The van der Waals surface area contributed by atoms with Gasteiger partial charge in [0.1, 0.15) is 5.75 Å². The SMILES string of the molecule is COc1ccc2c(N3CCCCC3)c(C)[nH]c2c1.Cl. The molecule has 1 aliphatic heterocycles. The number of anilines is 1. The topological polar surface area (TPSA) is 28.3 Å². The number of benzene rings is 1. The number of hydrogen-bond acceptors (Lipinski definition) is 2. The molecule has 0 radical (unpaired) electrons. The van der Waals surface area contributed by atoms with Gasteiger partial charge in [0.15, 0.2) is 0 Å². The quantitative estimate of drug-likeness (QED) is 0.904. The summed E-state index contributed by atoms with van der Waals surface area (Å²) in [6.45, 7) is 4.52. The lowest BCUT2D eigenvalue weighted by molar-refractivity contribution is 0.415. The van der Waals surface area contributed by atoms with E-state index >= 15 is 0 Å². The van der Waals surface area contributed by atoms with Crippen molar-refractivity contribution < 1.29 is 4.74 Å². The largest absolute Gasteiger partial charge is 0.497 e. The van der Waals surface area contributed by atoms with Crippen LogP contribution in [0.1, 0.15) is 25.0 Å². The Bertz CT molecular complexity index is 559. The zero-order chi connectivity index (χ0) is 12.5. The normalized spacial score (nSPS) is 15.4. The fraction of sp³-hybridized carbons (Fsp3) is 0.467. The highest BCUT2D eigenvalue weighted by Crippen LogP contribution is 2.34. The Morgan fingerprint density at radius 3 is 2.58 bits per heavy atom. The van der Waals surface area contributed by atoms with E-state index in [1.165, 1.54) is 54.6 Å². The Morgan fingerprint density at radius 2 is 1.89 bits per heavy atom. The molecule has 19 heavy (non-hydrogen) atoms. The van der Waals surface area contributed by atoms with Crippen LogP contribution in [0, 0.1) is 6.92 Å². The molecule has 1 aromatic carbocycles. The Labute approximate surface area is 120 Å². The van der Waals surface area contributed by atoms with Gasteiger partial charge in [-0.05, 0) is 38.3 Å². The molecule has 0 amide bonds. The van der Waals surface area contributed by atoms with Crippen LogP contribution in [0.15, 0.2) is 18.2 Å². The lowest BCUT2D eigenvalue weighted by Gasteiger charge is -2.29. The van der Waals surface area contributed by atoms with Gasteiger partial charge in [0.05, 0.1) is 18.3 Å². The van der Waals surface area contributed by atoms with Crippen LogP contribution in [-0.4, -0.2) is 25.2 Å². The molecule has 0 atom stereocenters. The average Bonchev–Trinajstić information content (AvgIpc) is 2.74. The highest BCUT2D eigenvalue weighted by Gasteiger charge is 2.17. The Kier molecular flexibility index (Phi) is 4.25. The van der Waals surface area contributed by atoms with E-state index < -0.39 is 0 Å². The summed E-state index contributed by atoms with van der Waals surface area (Å²) in [7, 11) is 1.71. The van der Waals surface area contributed by atoms with Crippen molar-refractivity contribution in [1.29, 1.82) is 0 Å². The van der Waals surface area contributed by atoms with Gasteiger partial charge in [-0.25, -0.2) is 0 Å². The first-order valence-corrected chi connectivity index (χ1v) is 6.71. The summed E-state index contributed by atoms with van der Waals surface area (Å²) in [6.07, 6.45) is 3.98. The standard InChI is InChI=1S/C15H20N2O.ClH/c1-11-15(17-8-4-3-5-9-17)13-7-6-12(18-2)10-14(13)16-11;/h6-7,10,16H,3-5,8-9H2,1-2H3;1H. The van der Waals surface area contributed by atoms with E-state index in [4.69, 9.17) is 4.74 Å². The predicted molar refractivity (Wildman–Crippen MR) is 82.9 cm³/mol. The van der Waals surface area contributed by atoms with Gasteiger partial charge in [-0.15, -0.1) is 12.4 Å². The Hall–Kier alpha value is -1.35. The number of hydrogen-bond donors (Lipinski definition) is 1. The smallest absolute Gasteiger partial charge is 0.120 e. The van der Waals surface area contributed by atoms with Gasteiger partial charge >= 0.3 is 0 Å². The van der Waals surface area contributed by atoms with Crippen LogP contribution in [-0.2, 0) is 0 Å². The van der Waals surface area contributed by atoms with Gasteiger partial charge in [-0.1, -0.05) is 0 Å². The summed E-state index contributed by atoms with van der Waals surface area (Å²) in [6, 6.07) is 6.29. The molecule has 1 aromatic heterocycles. The van der Waals surface area contributed by atoms with Gasteiger partial charge in [0.2, 0.25) is 0 Å². The molecule has 1 N–H and O–H groups in total. The van der Waals surface area contributed by atoms with Crippen LogP contribution < -0.4 is 9.64 Å². The second kappa shape index (κ2) is 5.74. The third kappa shape index (κ3) is 2.52. The Morgan fingerprint density at radius 1 is 1.16 bits per heavy atom. The van der Waals surface area contributed by atoms with Crippen molar-refractivity contribution in [2.75, 3.05) is 25.1 Å². The number of aromatic amines is 1. The molecular weight excluding hydrogens is 260 g/mol. The molecule has 0 unspecified atom stereocenters. The number of halogens is 1. The summed E-state index contributed by atoms with van der Waals surface area (Å²) >= 11 is 0. The molecule has 3 nitrogen and oxygen atoms in total. The van der Waals surface area contributed by atoms with Gasteiger partial charge in [-0.2, -0.15) is 0 Å². The first kappa shape index (κ1) is 14.1. The summed E-state index contributed by atoms with van der Waals surface area (Å²) < 4.78 is 5.28. The van der Waals surface area contributed by atoms with Crippen molar-refractivity contribution in [3.63, 3.8) is 0 Å². The molecule has 3 rings (SSSR count). The number of H-pyrrole nitrogens is 1.